The highest BCUT2D eigenvalue weighted by molar-refractivity contribution is 5.52. The lowest BCUT2D eigenvalue weighted by atomic mass is 9.99. The lowest BCUT2D eigenvalue weighted by Gasteiger charge is -2.36. The number of methoxy groups -OCH3 is 3. The Kier molecular flexibility index (Phi) is 5.70. The Morgan fingerprint density at radius 2 is 1.62 bits per heavy atom. The van der Waals surface area contributed by atoms with Gasteiger partial charge in [-0.3, -0.25) is 4.90 Å². The van der Waals surface area contributed by atoms with E-state index in [-0.39, 0.29) is 0 Å². The number of rotatable bonds is 6. The maximum atomic E-state index is 5.60. The van der Waals surface area contributed by atoms with Crippen LogP contribution in [-0.2, 0) is 0 Å². The molecule has 1 saturated heterocycles. The zero-order valence-corrected chi connectivity index (χ0v) is 13.4. The summed E-state index contributed by atoms with van der Waals surface area (Å²) in [6.45, 7) is 6.33. The molecule has 1 aromatic rings. The van der Waals surface area contributed by atoms with E-state index in [9.17, 15) is 0 Å². The third-order valence-corrected chi connectivity index (χ3v) is 4.07. The van der Waals surface area contributed by atoms with Gasteiger partial charge in [0.15, 0.2) is 0 Å². The molecule has 0 aliphatic carbocycles. The number of piperazine rings is 1. The molecule has 2 rings (SSSR count). The molecule has 118 valence electrons. The molecule has 1 heterocycles. The molecule has 5 nitrogen and oxygen atoms in total. The smallest absolute Gasteiger partial charge is 0.131 e. The van der Waals surface area contributed by atoms with Crippen molar-refractivity contribution < 1.29 is 14.2 Å². The second-order valence-corrected chi connectivity index (χ2v) is 5.16. The number of hydrogen-bond donors (Lipinski definition) is 1. The first-order valence-electron chi connectivity index (χ1n) is 7.49. The van der Waals surface area contributed by atoms with Crippen molar-refractivity contribution in [3.05, 3.63) is 17.7 Å². The summed E-state index contributed by atoms with van der Waals surface area (Å²) in [4.78, 5) is 2.49. The lowest BCUT2D eigenvalue weighted by Crippen LogP contribution is -2.45. The number of nitrogens with one attached hydrogen (secondary N) is 1. The van der Waals surface area contributed by atoms with Crippen LogP contribution in [0.25, 0.3) is 0 Å². The monoisotopic (exact) mass is 294 g/mol. The van der Waals surface area contributed by atoms with E-state index in [1.165, 1.54) is 0 Å². The number of hydrogen-bond acceptors (Lipinski definition) is 5. The van der Waals surface area contributed by atoms with E-state index in [4.69, 9.17) is 14.2 Å². The van der Waals surface area contributed by atoms with Crippen LogP contribution in [0.4, 0.5) is 0 Å². The maximum absolute atomic E-state index is 5.60. The first-order valence-corrected chi connectivity index (χ1v) is 7.49. The van der Waals surface area contributed by atoms with E-state index in [1.54, 1.807) is 21.3 Å². The molecule has 5 heteroatoms. The third-order valence-electron chi connectivity index (χ3n) is 4.07. The van der Waals surface area contributed by atoms with Crippen molar-refractivity contribution in [2.24, 2.45) is 0 Å². The van der Waals surface area contributed by atoms with Gasteiger partial charge in [-0.1, -0.05) is 6.92 Å². The summed E-state index contributed by atoms with van der Waals surface area (Å²) in [6, 6.07) is 4.16. The van der Waals surface area contributed by atoms with Crippen molar-refractivity contribution in [1.29, 1.82) is 0 Å². The predicted octanol–water partition coefficient (Wildman–Crippen LogP) is 2.07. The molecule has 0 unspecified atom stereocenters. The molecular formula is C16H26N2O3. The molecule has 21 heavy (non-hydrogen) atoms. The van der Waals surface area contributed by atoms with Crippen LogP contribution in [0.15, 0.2) is 12.1 Å². The first-order chi connectivity index (χ1) is 10.2. The Morgan fingerprint density at radius 1 is 1.05 bits per heavy atom. The Balaban J connectivity index is 2.42. The molecular weight excluding hydrogens is 268 g/mol. The van der Waals surface area contributed by atoms with Gasteiger partial charge in [0.05, 0.1) is 26.9 Å². The van der Waals surface area contributed by atoms with Gasteiger partial charge in [0.1, 0.15) is 17.2 Å². The second-order valence-electron chi connectivity index (χ2n) is 5.16. The van der Waals surface area contributed by atoms with Crippen LogP contribution in [0.2, 0.25) is 0 Å². The quantitative estimate of drug-likeness (QED) is 0.870. The summed E-state index contributed by atoms with van der Waals surface area (Å²) in [7, 11) is 5.05. The Hall–Kier alpha value is -1.46. The van der Waals surface area contributed by atoms with Gasteiger partial charge in [-0.2, -0.15) is 0 Å². The summed E-state index contributed by atoms with van der Waals surface area (Å²) >= 11 is 0. The highest BCUT2D eigenvalue weighted by atomic mass is 16.5. The van der Waals surface area contributed by atoms with Gasteiger partial charge < -0.3 is 19.5 Å². The highest BCUT2D eigenvalue weighted by Crippen LogP contribution is 2.41. The minimum atomic E-state index is 0.294. The van der Waals surface area contributed by atoms with E-state index in [2.05, 4.69) is 17.1 Å². The van der Waals surface area contributed by atoms with Crippen LogP contribution in [-0.4, -0.2) is 52.4 Å². The fourth-order valence-corrected chi connectivity index (χ4v) is 3.00. The largest absolute Gasteiger partial charge is 0.496 e. The van der Waals surface area contributed by atoms with Crippen molar-refractivity contribution in [3.8, 4) is 17.2 Å². The minimum Gasteiger partial charge on any atom is -0.496 e. The van der Waals surface area contributed by atoms with Crippen LogP contribution in [0.1, 0.15) is 24.9 Å². The Morgan fingerprint density at radius 3 is 2.05 bits per heavy atom. The second kappa shape index (κ2) is 7.52. The molecule has 1 aliphatic heterocycles. The van der Waals surface area contributed by atoms with Gasteiger partial charge in [-0.25, -0.2) is 0 Å². The molecule has 0 radical (unpaired) electrons. The standard InChI is InChI=1S/C16H26N2O3/c1-5-13(18-8-6-17-7-9-18)16-14(20-3)10-12(19-2)11-15(16)21-4/h10-11,13,17H,5-9H2,1-4H3/t13-/m0/s1. The third kappa shape index (κ3) is 3.41. The predicted molar refractivity (Wildman–Crippen MR) is 83.6 cm³/mol. The first kappa shape index (κ1) is 15.9. The van der Waals surface area contributed by atoms with Crippen molar-refractivity contribution in [2.45, 2.75) is 19.4 Å². The van der Waals surface area contributed by atoms with E-state index < -0.39 is 0 Å². The number of benzene rings is 1. The van der Waals surface area contributed by atoms with Crippen LogP contribution in [0.3, 0.4) is 0 Å². The fourth-order valence-electron chi connectivity index (χ4n) is 3.00. The number of nitrogens with zero attached hydrogens (tertiary/aromatic N) is 1. The molecule has 0 amide bonds. The van der Waals surface area contributed by atoms with E-state index in [0.717, 1.165) is 55.4 Å². The average molecular weight is 294 g/mol. The summed E-state index contributed by atoms with van der Waals surface area (Å²) in [5, 5.41) is 3.40. The van der Waals surface area contributed by atoms with Crippen molar-refractivity contribution >= 4 is 0 Å². The van der Waals surface area contributed by atoms with Gasteiger partial charge in [0.25, 0.3) is 0 Å². The Labute approximate surface area is 127 Å². The topological polar surface area (TPSA) is 43.0 Å². The summed E-state index contributed by atoms with van der Waals surface area (Å²) in [6.07, 6.45) is 1.01. The van der Waals surface area contributed by atoms with Crippen molar-refractivity contribution in [1.82, 2.24) is 10.2 Å². The maximum Gasteiger partial charge on any atom is 0.131 e. The molecule has 0 bridgehead atoms. The van der Waals surface area contributed by atoms with Gasteiger partial charge in [-0.05, 0) is 6.42 Å². The van der Waals surface area contributed by atoms with Gasteiger partial charge >= 0.3 is 0 Å². The molecule has 0 spiro atoms. The summed E-state index contributed by atoms with van der Waals surface area (Å²) in [5.74, 6) is 2.41. The van der Waals surface area contributed by atoms with Crippen LogP contribution in [0, 0.1) is 0 Å². The molecule has 1 atom stereocenters. The van der Waals surface area contributed by atoms with Crippen molar-refractivity contribution in [3.63, 3.8) is 0 Å². The zero-order chi connectivity index (χ0) is 15.2. The molecule has 0 saturated carbocycles. The molecule has 1 aromatic carbocycles. The van der Waals surface area contributed by atoms with E-state index in [0.29, 0.717) is 6.04 Å². The lowest BCUT2D eigenvalue weighted by molar-refractivity contribution is 0.163. The zero-order valence-electron chi connectivity index (χ0n) is 13.4. The summed E-state index contributed by atoms with van der Waals surface area (Å²) in [5.41, 5.74) is 1.12. The molecule has 1 aliphatic rings. The molecule has 1 N–H and O–H groups in total. The van der Waals surface area contributed by atoms with Crippen LogP contribution in [0.5, 0.6) is 17.2 Å². The number of ether oxygens (including phenoxy) is 3. The molecule has 1 fully saturated rings. The normalized spacial score (nSPS) is 17.3. The molecule has 0 aromatic heterocycles. The van der Waals surface area contributed by atoms with E-state index >= 15 is 0 Å². The SMILES string of the molecule is CC[C@@H](c1c(OC)cc(OC)cc1OC)N1CCNCC1. The summed E-state index contributed by atoms with van der Waals surface area (Å²) < 4.78 is 16.5. The van der Waals surface area contributed by atoms with Crippen LogP contribution >= 0.6 is 0 Å². The van der Waals surface area contributed by atoms with Gasteiger partial charge in [-0.15, -0.1) is 0 Å². The van der Waals surface area contributed by atoms with E-state index in [1.807, 2.05) is 12.1 Å². The van der Waals surface area contributed by atoms with Gasteiger partial charge in [0.2, 0.25) is 0 Å². The minimum absolute atomic E-state index is 0.294. The Bertz CT molecular complexity index is 434. The van der Waals surface area contributed by atoms with Crippen LogP contribution < -0.4 is 19.5 Å². The fraction of sp³-hybridized carbons (Fsp3) is 0.625. The van der Waals surface area contributed by atoms with Crippen molar-refractivity contribution in [2.75, 3.05) is 47.5 Å². The van der Waals surface area contributed by atoms with Gasteiger partial charge in [0, 0.05) is 44.4 Å². The average Bonchev–Trinajstić information content (AvgIpc) is 2.56. The highest BCUT2D eigenvalue weighted by Gasteiger charge is 2.27.